The van der Waals surface area contributed by atoms with E-state index in [1.165, 1.54) is 51.4 Å². The van der Waals surface area contributed by atoms with E-state index in [0.29, 0.717) is 10.8 Å². The van der Waals surface area contributed by atoms with E-state index in [1.807, 2.05) is 0 Å². The highest BCUT2D eigenvalue weighted by atomic mass is 16.3. The van der Waals surface area contributed by atoms with Crippen LogP contribution in [0.2, 0.25) is 0 Å². The Morgan fingerprint density at radius 1 is 1.03 bits per heavy atom. The molecular weight excluding hydrogens is 352 g/mol. The summed E-state index contributed by atoms with van der Waals surface area (Å²) in [5.74, 6) is 5.02. The van der Waals surface area contributed by atoms with E-state index in [9.17, 15) is 5.11 Å². The summed E-state index contributed by atoms with van der Waals surface area (Å²) in [5, 5.41) is 10.2. The minimum absolute atomic E-state index is 0.0849. The Labute approximate surface area is 180 Å². The maximum atomic E-state index is 10.2. The number of fused-ring (bicyclic) bond motifs is 5. The van der Waals surface area contributed by atoms with Crippen molar-refractivity contribution >= 4 is 0 Å². The van der Waals surface area contributed by atoms with Crippen LogP contribution < -0.4 is 0 Å². The van der Waals surface area contributed by atoms with Crippen molar-refractivity contribution in [2.24, 2.45) is 46.3 Å². The first-order chi connectivity index (χ1) is 13.8. The lowest BCUT2D eigenvalue weighted by Gasteiger charge is -2.58. The van der Waals surface area contributed by atoms with E-state index in [1.54, 1.807) is 5.57 Å². The molecule has 0 aromatic rings. The van der Waals surface area contributed by atoms with Gasteiger partial charge in [-0.2, -0.15) is 0 Å². The topological polar surface area (TPSA) is 20.2 Å². The summed E-state index contributed by atoms with van der Waals surface area (Å²) in [6, 6.07) is 0. The summed E-state index contributed by atoms with van der Waals surface area (Å²) in [6.07, 6.45) is 20.4. The third-order valence-corrected chi connectivity index (χ3v) is 10.5. The number of hydrogen-bond donors (Lipinski definition) is 1. The normalized spacial score (nSPS) is 45.6. The van der Waals surface area contributed by atoms with Crippen molar-refractivity contribution in [1.29, 1.82) is 0 Å². The molecule has 0 aromatic carbocycles. The van der Waals surface area contributed by atoms with E-state index in [2.05, 4.69) is 52.8 Å². The molecule has 0 heterocycles. The SMILES string of the molecule is CCC(/C=C/[C@@H](C)[C@H]1CC[C@H]2[C@@H]3CC=C4C[C@@H](O)CC[C@]4(C)[C@H]3CC[C@]12C)CC. The second-order valence-corrected chi connectivity index (χ2v) is 11.7. The second kappa shape index (κ2) is 8.18. The molecule has 3 fully saturated rings. The van der Waals surface area contributed by atoms with E-state index < -0.39 is 0 Å². The lowest BCUT2D eigenvalue weighted by molar-refractivity contribution is -0.0540. The fourth-order valence-corrected chi connectivity index (χ4v) is 8.57. The molecule has 0 aliphatic heterocycles. The highest BCUT2D eigenvalue weighted by molar-refractivity contribution is 5.25. The van der Waals surface area contributed by atoms with Gasteiger partial charge in [-0.1, -0.05) is 58.4 Å². The van der Waals surface area contributed by atoms with Gasteiger partial charge in [0.15, 0.2) is 0 Å². The molecule has 0 spiro atoms. The lowest BCUT2D eigenvalue weighted by Crippen LogP contribution is -2.50. The third kappa shape index (κ3) is 3.58. The molecular formula is C28H46O. The van der Waals surface area contributed by atoms with E-state index in [0.717, 1.165) is 48.3 Å². The van der Waals surface area contributed by atoms with Gasteiger partial charge in [-0.25, -0.2) is 0 Å². The molecule has 0 saturated heterocycles. The minimum Gasteiger partial charge on any atom is -0.393 e. The lowest BCUT2D eigenvalue weighted by atomic mass is 9.47. The van der Waals surface area contributed by atoms with Crippen molar-refractivity contribution in [3.63, 3.8) is 0 Å². The highest BCUT2D eigenvalue weighted by Gasteiger charge is 2.58. The van der Waals surface area contributed by atoms with Gasteiger partial charge >= 0.3 is 0 Å². The molecule has 4 rings (SSSR count). The van der Waals surface area contributed by atoms with E-state index >= 15 is 0 Å². The van der Waals surface area contributed by atoms with Gasteiger partial charge in [0.05, 0.1) is 6.10 Å². The standard InChI is InChI=1S/C28H46O/c1-6-20(7-2)9-8-19(3)24-12-13-25-23-11-10-21-18-22(29)14-16-27(21,4)26(23)15-17-28(24,25)5/h8-10,19-20,22-26,29H,6-7,11-18H2,1-5H3/b9-8+/t19-,22+,23+,24-,25+,26+,27+,28-/m1/s1. The zero-order valence-corrected chi connectivity index (χ0v) is 19.8. The molecule has 4 aliphatic carbocycles. The van der Waals surface area contributed by atoms with Crippen LogP contribution in [0.25, 0.3) is 0 Å². The van der Waals surface area contributed by atoms with Gasteiger partial charge in [-0.3, -0.25) is 0 Å². The van der Waals surface area contributed by atoms with Crippen molar-refractivity contribution in [1.82, 2.24) is 0 Å². The molecule has 29 heavy (non-hydrogen) atoms. The van der Waals surface area contributed by atoms with Crippen LogP contribution in [-0.2, 0) is 0 Å². The van der Waals surface area contributed by atoms with Crippen molar-refractivity contribution in [3.05, 3.63) is 23.8 Å². The van der Waals surface area contributed by atoms with Gasteiger partial charge in [0.1, 0.15) is 0 Å². The molecule has 4 aliphatic rings. The molecule has 0 radical (unpaired) electrons. The van der Waals surface area contributed by atoms with Crippen LogP contribution in [0, 0.1) is 46.3 Å². The monoisotopic (exact) mass is 398 g/mol. The molecule has 1 N–H and O–H groups in total. The fraction of sp³-hybridized carbons (Fsp3) is 0.857. The minimum atomic E-state index is -0.0849. The van der Waals surface area contributed by atoms with Gasteiger partial charge in [0.25, 0.3) is 0 Å². The van der Waals surface area contributed by atoms with Crippen LogP contribution in [0.4, 0.5) is 0 Å². The predicted octanol–water partition coefficient (Wildman–Crippen LogP) is 7.55. The summed E-state index contributed by atoms with van der Waals surface area (Å²) >= 11 is 0. The molecule has 0 aromatic heterocycles. The number of aliphatic hydroxyl groups excluding tert-OH is 1. The first-order valence-corrected chi connectivity index (χ1v) is 12.9. The highest BCUT2D eigenvalue weighted by Crippen LogP contribution is 2.67. The van der Waals surface area contributed by atoms with Crippen LogP contribution in [0.15, 0.2) is 23.8 Å². The zero-order chi connectivity index (χ0) is 20.8. The second-order valence-electron chi connectivity index (χ2n) is 11.7. The Kier molecular flexibility index (Phi) is 6.11. The molecule has 1 nitrogen and oxygen atoms in total. The Morgan fingerprint density at radius 2 is 1.79 bits per heavy atom. The third-order valence-electron chi connectivity index (χ3n) is 10.5. The average molecular weight is 399 g/mol. The predicted molar refractivity (Wildman–Crippen MR) is 124 cm³/mol. The Balaban J connectivity index is 1.53. The van der Waals surface area contributed by atoms with Gasteiger partial charge in [-0.05, 0) is 111 Å². The first-order valence-electron chi connectivity index (χ1n) is 12.9. The fourth-order valence-electron chi connectivity index (χ4n) is 8.57. The Hall–Kier alpha value is -0.560. The van der Waals surface area contributed by atoms with Crippen molar-refractivity contribution in [2.45, 2.75) is 105 Å². The smallest absolute Gasteiger partial charge is 0.0577 e. The van der Waals surface area contributed by atoms with E-state index in [4.69, 9.17) is 0 Å². The van der Waals surface area contributed by atoms with Crippen molar-refractivity contribution < 1.29 is 5.11 Å². The molecule has 1 heteroatoms. The van der Waals surface area contributed by atoms with Crippen LogP contribution >= 0.6 is 0 Å². The molecule has 0 amide bonds. The van der Waals surface area contributed by atoms with Gasteiger partial charge < -0.3 is 5.11 Å². The quantitative estimate of drug-likeness (QED) is 0.474. The van der Waals surface area contributed by atoms with Crippen molar-refractivity contribution in [2.75, 3.05) is 0 Å². The van der Waals surface area contributed by atoms with Crippen LogP contribution in [0.5, 0.6) is 0 Å². The maximum absolute atomic E-state index is 10.2. The molecule has 3 saturated carbocycles. The largest absolute Gasteiger partial charge is 0.393 e. The van der Waals surface area contributed by atoms with Gasteiger partial charge in [-0.15, -0.1) is 0 Å². The van der Waals surface area contributed by atoms with Crippen LogP contribution in [0.3, 0.4) is 0 Å². The summed E-state index contributed by atoms with van der Waals surface area (Å²) in [7, 11) is 0. The van der Waals surface area contributed by atoms with Crippen LogP contribution in [0.1, 0.15) is 98.8 Å². The maximum Gasteiger partial charge on any atom is 0.0577 e. The molecule has 0 bridgehead atoms. The summed E-state index contributed by atoms with van der Waals surface area (Å²) in [4.78, 5) is 0. The summed E-state index contributed by atoms with van der Waals surface area (Å²) in [6.45, 7) is 12.4. The van der Waals surface area contributed by atoms with Crippen molar-refractivity contribution in [3.8, 4) is 0 Å². The van der Waals surface area contributed by atoms with Gasteiger partial charge in [0, 0.05) is 0 Å². The molecule has 8 atom stereocenters. The zero-order valence-electron chi connectivity index (χ0n) is 19.8. The van der Waals surface area contributed by atoms with Gasteiger partial charge in [0.2, 0.25) is 0 Å². The average Bonchev–Trinajstić information content (AvgIpc) is 3.06. The summed E-state index contributed by atoms with van der Waals surface area (Å²) in [5.41, 5.74) is 2.52. The number of aliphatic hydroxyl groups is 1. The molecule has 164 valence electrons. The number of rotatable bonds is 5. The van der Waals surface area contributed by atoms with Crippen LogP contribution in [-0.4, -0.2) is 11.2 Å². The molecule has 0 unspecified atom stereocenters. The number of allylic oxidation sites excluding steroid dienone is 3. The first kappa shape index (κ1) is 21.7. The van der Waals surface area contributed by atoms with E-state index in [-0.39, 0.29) is 6.10 Å². The Bertz CT molecular complexity index is 643. The Morgan fingerprint density at radius 3 is 2.52 bits per heavy atom. The number of hydrogen-bond acceptors (Lipinski definition) is 1. The summed E-state index contributed by atoms with van der Waals surface area (Å²) < 4.78 is 0.